The molecule has 0 saturated carbocycles. The molecule has 2 saturated heterocycles. The van der Waals surface area contributed by atoms with Crippen LogP contribution in [-0.4, -0.2) is 54.2 Å². The van der Waals surface area contributed by atoms with Crippen LogP contribution in [0.2, 0.25) is 5.02 Å². The summed E-state index contributed by atoms with van der Waals surface area (Å²) >= 11 is 6.29. The summed E-state index contributed by atoms with van der Waals surface area (Å²) in [6.07, 6.45) is 4.27. The minimum atomic E-state index is 0.572. The molecule has 4 rings (SSSR count). The number of nitriles is 1. The second-order valence-corrected chi connectivity index (χ2v) is 7.71. The van der Waals surface area contributed by atoms with Gasteiger partial charge in [0.2, 0.25) is 5.95 Å². The molecule has 146 valence electrons. The third-order valence-corrected chi connectivity index (χ3v) is 6.11. The smallest absolute Gasteiger partial charge is 0.227 e. The molecule has 8 heteroatoms. The van der Waals surface area contributed by atoms with E-state index in [1.54, 1.807) is 0 Å². The predicted octanol–water partition coefficient (Wildman–Crippen LogP) is 2.94. The molecule has 28 heavy (non-hydrogen) atoms. The van der Waals surface area contributed by atoms with Gasteiger partial charge in [0.1, 0.15) is 17.7 Å². The highest BCUT2D eigenvalue weighted by Gasteiger charge is 2.24. The maximum Gasteiger partial charge on any atom is 0.227 e. The van der Waals surface area contributed by atoms with Gasteiger partial charge in [0.25, 0.3) is 0 Å². The number of aromatic nitrogens is 3. The lowest BCUT2D eigenvalue weighted by Crippen LogP contribution is -2.47. The van der Waals surface area contributed by atoms with Crippen molar-refractivity contribution in [2.75, 3.05) is 54.0 Å². The summed E-state index contributed by atoms with van der Waals surface area (Å²) in [6, 6.07) is 4.26. The topological polar surface area (TPSA) is 72.2 Å². The molecule has 2 aliphatic rings. The summed E-state index contributed by atoms with van der Waals surface area (Å²) in [7, 11) is 0. The van der Waals surface area contributed by atoms with Gasteiger partial charge in [-0.05, 0) is 38.3 Å². The van der Waals surface area contributed by atoms with E-state index >= 15 is 0 Å². The Hall–Kier alpha value is -2.59. The Morgan fingerprint density at radius 3 is 2.32 bits per heavy atom. The zero-order chi connectivity index (χ0) is 19.7. The molecule has 4 heterocycles. The summed E-state index contributed by atoms with van der Waals surface area (Å²) in [5.41, 5.74) is 2.14. The fraction of sp³-hybridized carbons (Fsp3) is 0.500. The van der Waals surface area contributed by atoms with E-state index in [2.05, 4.69) is 30.7 Å². The van der Waals surface area contributed by atoms with Gasteiger partial charge in [-0.1, -0.05) is 11.6 Å². The number of piperazine rings is 1. The van der Waals surface area contributed by atoms with Crippen molar-refractivity contribution in [3.8, 4) is 6.07 Å². The molecule has 0 unspecified atom stereocenters. The molecule has 2 fully saturated rings. The van der Waals surface area contributed by atoms with Gasteiger partial charge in [0.15, 0.2) is 0 Å². The molecular weight excluding hydrogens is 374 g/mol. The van der Waals surface area contributed by atoms with Crippen LogP contribution >= 0.6 is 11.6 Å². The molecule has 0 N–H and O–H groups in total. The normalized spacial score (nSPS) is 17.1. The Balaban J connectivity index is 1.50. The zero-order valence-electron chi connectivity index (χ0n) is 16.3. The standard InChI is InChI=1S/C20H24ClN7/c1-14-16(13-22)19(24-15(2)18(14)21)27-11-9-26(10-12-27)17-5-6-23-20(25-17)28-7-3-4-8-28/h5-6H,3-4,7-12H2,1-2H3. The number of pyridine rings is 1. The monoisotopic (exact) mass is 397 g/mol. The highest BCUT2D eigenvalue weighted by molar-refractivity contribution is 6.32. The largest absolute Gasteiger partial charge is 0.353 e. The molecule has 2 aromatic rings. The number of nitrogens with zero attached hydrogens (tertiary/aromatic N) is 7. The van der Waals surface area contributed by atoms with Crippen LogP contribution in [0.1, 0.15) is 29.7 Å². The van der Waals surface area contributed by atoms with Crippen LogP contribution in [0.3, 0.4) is 0 Å². The lowest BCUT2D eigenvalue weighted by Gasteiger charge is -2.36. The lowest BCUT2D eigenvalue weighted by atomic mass is 10.1. The van der Waals surface area contributed by atoms with E-state index < -0.39 is 0 Å². The fourth-order valence-corrected chi connectivity index (χ4v) is 4.04. The Labute approximate surface area is 170 Å². The molecule has 0 spiro atoms. The Bertz CT molecular complexity index is 910. The first-order valence-electron chi connectivity index (χ1n) is 9.73. The van der Waals surface area contributed by atoms with Gasteiger partial charge >= 0.3 is 0 Å². The molecule has 0 atom stereocenters. The SMILES string of the molecule is Cc1nc(N2CCN(c3ccnc(N4CCCC4)n3)CC2)c(C#N)c(C)c1Cl. The van der Waals surface area contributed by atoms with Crippen molar-refractivity contribution in [1.29, 1.82) is 5.26 Å². The fourth-order valence-electron chi connectivity index (χ4n) is 3.91. The van der Waals surface area contributed by atoms with Crippen molar-refractivity contribution in [3.05, 3.63) is 34.1 Å². The van der Waals surface area contributed by atoms with Crippen LogP contribution in [0.25, 0.3) is 0 Å². The van der Waals surface area contributed by atoms with Crippen molar-refractivity contribution >= 4 is 29.2 Å². The average molecular weight is 398 g/mol. The highest BCUT2D eigenvalue weighted by Crippen LogP contribution is 2.30. The number of hydrogen-bond acceptors (Lipinski definition) is 7. The molecule has 0 amide bonds. The van der Waals surface area contributed by atoms with Crippen LogP contribution in [0.5, 0.6) is 0 Å². The van der Waals surface area contributed by atoms with Gasteiger partial charge < -0.3 is 14.7 Å². The quantitative estimate of drug-likeness (QED) is 0.788. The average Bonchev–Trinajstić information content (AvgIpc) is 3.27. The van der Waals surface area contributed by atoms with Gasteiger partial charge in [-0.25, -0.2) is 9.97 Å². The Kier molecular flexibility index (Phi) is 5.23. The van der Waals surface area contributed by atoms with Crippen LogP contribution < -0.4 is 14.7 Å². The first-order valence-corrected chi connectivity index (χ1v) is 10.1. The highest BCUT2D eigenvalue weighted by atomic mass is 35.5. The van der Waals surface area contributed by atoms with Crippen LogP contribution in [-0.2, 0) is 0 Å². The summed E-state index contributed by atoms with van der Waals surface area (Å²) in [6.45, 7) is 9.06. The third kappa shape index (κ3) is 3.45. The summed E-state index contributed by atoms with van der Waals surface area (Å²) < 4.78 is 0. The van der Waals surface area contributed by atoms with E-state index in [0.29, 0.717) is 10.6 Å². The van der Waals surface area contributed by atoms with E-state index in [-0.39, 0.29) is 0 Å². The van der Waals surface area contributed by atoms with E-state index in [1.165, 1.54) is 12.8 Å². The summed E-state index contributed by atoms with van der Waals surface area (Å²) in [5.74, 6) is 2.53. The predicted molar refractivity (Wildman–Crippen MR) is 111 cm³/mol. The van der Waals surface area contributed by atoms with Crippen molar-refractivity contribution in [2.24, 2.45) is 0 Å². The van der Waals surface area contributed by atoms with Gasteiger partial charge in [0.05, 0.1) is 16.3 Å². The van der Waals surface area contributed by atoms with Gasteiger partial charge in [-0.15, -0.1) is 0 Å². The van der Waals surface area contributed by atoms with E-state index in [9.17, 15) is 5.26 Å². The number of halogens is 1. The molecule has 0 radical (unpaired) electrons. The van der Waals surface area contributed by atoms with Crippen LogP contribution in [0, 0.1) is 25.2 Å². The number of aryl methyl sites for hydroxylation is 1. The second-order valence-electron chi connectivity index (χ2n) is 7.33. The van der Waals surface area contributed by atoms with Crippen LogP contribution in [0.15, 0.2) is 12.3 Å². The molecular formula is C20H24ClN7. The minimum Gasteiger partial charge on any atom is -0.353 e. The molecule has 0 aromatic carbocycles. The number of hydrogen-bond donors (Lipinski definition) is 0. The summed E-state index contributed by atoms with van der Waals surface area (Å²) in [5, 5.41) is 10.2. The Morgan fingerprint density at radius 1 is 0.964 bits per heavy atom. The van der Waals surface area contributed by atoms with Crippen molar-refractivity contribution < 1.29 is 0 Å². The van der Waals surface area contributed by atoms with Crippen molar-refractivity contribution in [3.63, 3.8) is 0 Å². The zero-order valence-corrected chi connectivity index (χ0v) is 17.1. The number of rotatable bonds is 3. The van der Waals surface area contributed by atoms with E-state index in [0.717, 1.165) is 68.1 Å². The molecule has 0 bridgehead atoms. The van der Waals surface area contributed by atoms with Crippen molar-refractivity contribution in [1.82, 2.24) is 15.0 Å². The first-order chi connectivity index (χ1) is 13.6. The lowest BCUT2D eigenvalue weighted by molar-refractivity contribution is 0.639. The Morgan fingerprint density at radius 2 is 1.64 bits per heavy atom. The van der Waals surface area contributed by atoms with Crippen molar-refractivity contribution in [2.45, 2.75) is 26.7 Å². The molecule has 7 nitrogen and oxygen atoms in total. The van der Waals surface area contributed by atoms with Crippen LogP contribution in [0.4, 0.5) is 17.6 Å². The number of anilines is 3. The van der Waals surface area contributed by atoms with Gasteiger partial charge in [-0.3, -0.25) is 0 Å². The minimum absolute atomic E-state index is 0.572. The van der Waals surface area contributed by atoms with Gasteiger partial charge in [0, 0.05) is 45.5 Å². The summed E-state index contributed by atoms with van der Waals surface area (Å²) in [4.78, 5) is 20.6. The molecule has 0 aliphatic carbocycles. The molecule has 2 aromatic heterocycles. The third-order valence-electron chi connectivity index (χ3n) is 5.55. The maximum atomic E-state index is 9.60. The first kappa shape index (κ1) is 18.8. The maximum absolute atomic E-state index is 9.60. The van der Waals surface area contributed by atoms with E-state index in [4.69, 9.17) is 16.6 Å². The molecule has 2 aliphatic heterocycles. The van der Waals surface area contributed by atoms with E-state index in [1.807, 2.05) is 26.1 Å². The van der Waals surface area contributed by atoms with Gasteiger partial charge in [-0.2, -0.15) is 10.2 Å². The second kappa shape index (κ2) is 7.80.